The number of ether oxygens (including phenoxy) is 2. The molecule has 0 aromatic heterocycles. The van der Waals surface area contributed by atoms with E-state index in [1.807, 2.05) is 6.92 Å². The van der Waals surface area contributed by atoms with Gasteiger partial charge < -0.3 is 9.47 Å². The maximum absolute atomic E-state index is 12.6. The van der Waals surface area contributed by atoms with Gasteiger partial charge in [-0.3, -0.25) is 4.72 Å². The molecule has 2 aromatic rings. The topological polar surface area (TPSA) is 98.8 Å². The van der Waals surface area contributed by atoms with Crippen molar-refractivity contribution < 1.29 is 27.5 Å². The molecule has 0 heterocycles. The molecule has 0 unspecified atom stereocenters. The van der Waals surface area contributed by atoms with Crippen LogP contribution >= 0.6 is 0 Å². The number of nitrogens with one attached hydrogen (secondary N) is 1. The van der Waals surface area contributed by atoms with E-state index in [1.165, 1.54) is 30.3 Å². The van der Waals surface area contributed by atoms with Crippen molar-refractivity contribution in [2.45, 2.75) is 25.7 Å². The zero-order chi connectivity index (χ0) is 20.0. The van der Waals surface area contributed by atoms with E-state index in [1.54, 1.807) is 26.0 Å². The van der Waals surface area contributed by atoms with E-state index in [9.17, 15) is 18.0 Å². The Morgan fingerprint density at radius 1 is 0.889 bits per heavy atom. The third-order valence-electron chi connectivity index (χ3n) is 3.54. The molecule has 144 valence electrons. The summed E-state index contributed by atoms with van der Waals surface area (Å²) >= 11 is 0. The van der Waals surface area contributed by atoms with Gasteiger partial charge in [-0.25, -0.2) is 18.0 Å². The van der Waals surface area contributed by atoms with Crippen LogP contribution in [-0.4, -0.2) is 33.6 Å². The first-order chi connectivity index (χ1) is 12.8. The Kier molecular flexibility index (Phi) is 6.57. The van der Waals surface area contributed by atoms with Crippen molar-refractivity contribution in [2.24, 2.45) is 0 Å². The molecule has 0 atom stereocenters. The van der Waals surface area contributed by atoms with E-state index < -0.39 is 22.0 Å². The van der Waals surface area contributed by atoms with Crippen LogP contribution in [-0.2, 0) is 19.5 Å². The van der Waals surface area contributed by atoms with Crippen LogP contribution in [0.25, 0.3) is 0 Å². The lowest BCUT2D eigenvalue weighted by atomic mass is 10.1. The highest BCUT2D eigenvalue weighted by molar-refractivity contribution is 7.92. The van der Waals surface area contributed by atoms with Crippen LogP contribution in [0.1, 0.15) is 40.1 Å². The fourth-order valence-electron chi connectivity index (χ4n) is 2.28. The van der Waals surface area contributed by atoms with Crippen molar-refractivity contribution in [3.63, 3.8) is 0 Å². The Labute approximate surface area is 158 Å². The fourth-order valence-corrected chi connectivity index (χ4v) is 3.32. The van der Waals surface area contributed by atoms with E-state index in [-0.39, 0.29) is 34.9 Å². The highest BCUT2D eigenvalue weighted by Gasteiger charge is 2.19. The van der Waals surface area contributed by atoms with Crippen LogP contribution in [0.15, 0.2) is 47.4 Å². The van der Waals surface area contributed by atoms with Crippen molar-refractivity contribution in [3.8, 4) is 0 Å². The number of benzene rings is 2. The summed E-state index contributed by atoms with van der Waals surface area (Å²) in [5, 5.41) is 0. The third-order valence-corrected chi connectivity index (χ3v) is 4.94. The predicted octanol–water partition coefficient (Wildman–Crippen LogP) is 3.15. The minimum atomic E-state index is -3.89. The van der Waals surface area contributed by atoms with Crippen LogP contribution < -0.4 is 4.72 Å². The number of carbonyl (C=O) groups excluding carboxylic acids is 2. The predicted molar refractivity (Wildman–Crippen MR) is 100 cm³/mol. The average molecular weight is 391 g/mol. The normalized spacial score (nSPS) is 10.9. The second kappa shape index (κ2) is 8.68. The molecule has 0 amide bonds. The molecule has 0 spiro atoms. The summed E-state index contributed by atoms with van der Waals surface area (Å²) in [5.74, 6) is -1.33. The van der Waals surface area contributed by atoms with E-state index in [2.05, 4.69) is 4.72 Å². The molecule has 0 radical (unpaired) electrons. The molecule has 2 aromatic carbocycles. The summed E-state index contributed by atoms with van der Waals surface area (Å²) in [6.07, 6.45) is 0. The second-order valence-electron chi connectivity index (χ2n) is 5.66. The SMILES string of the molecule is CCOC(=O)c1cc(NS(=O)(=O)c2ccc(C)cc2)cc(C(=O)OCC)c1. The Balaban J connectivity index is 2.43. The number of aryl methyl sites for hydroxylation is 1. The standard InChI is InChI=1S/C19H21NO6S/c1-4-25-18(21)14-10-15(19(22)26-5-2)12-16(11-14)20-27(23,24)17-8-6-13(3)7-9-17/h6-12,20H,4-5H2,1-3H3. The van der Waals surface area contributed by atoms with Crippen LogP contribution in [0.3, 0.4) is 0 Å². The lowest BCUT2D eigenvalue weighted by molar-refractivity contribution is 0.0525. The molecule has 0 saturated carbocycles. The van der Waals surface area contributed by atoms with Crippen LogP contribution in [0, 0.1) is 6.92 Å². The van der Waals surface area contributed by atoms with Gasteiger partial charge in [0.1, 0.15) is 0 Å². The van der Waals surface area contributed by atoms with Gasteiger partial charge in [-0.05, 0) is 51.1 Å². The summed E-state index contributed by atoms with van der Waals surface area (Å²) < 4.78 is 37.4. The quantitative estimate of drug-likeness (QED) is 0.728. The molecule has 2 rings (SSSR count). The smallest absolute Gasteiger partial charge is 0.338 e. The first kappa shape index (κ1) is 20.4. The van der Waals surface area contributed by atoms with Crippen molar-refractivity contribution >= 4 is 27.6 Å². The molecule has 0 bridgehead atoms. The Bertz CT molecular complexity index is 899. The molecule has 0 aliphatic heterocycles. The van der Waals surface area contributed by atoms with Crippen molar-refractivity contribution in [1.29, 1.82) is 0 Å². The molecule has 0 aliphatic rings. The largest absolute Gasteiger partial charge is 0.462 e. The zero-order valence-electron chi connectivity index (χ0n) is 15.3. The van der Waals surface area contributed by atoms with Gasteiger partial charge in [0.15, 0.2) is 0 Å². The lowest BCUT2D eigenvalue weighted by Crippen LogP contribution is -2.15. The molecular formula is C19H21NO6S. The Morgan fingerprint density at radius 2 is 1.37 bits per heavy atom. The number of hydrogen-bond donors (Lipinski definition) is 1. The summed E-state index contributed by atoms with van der Waals surface area (Å²) in [4.78, 5) is 24.2. The molecule has 1 N–H and O–H groups in total. The molecule has 0 fully saturated rings. The number of esters is 2. The number of anilines is 1. The van der Waals surface area contributed by atoms with Gasteiger partial charge in [-0.2, -0.15) is 0 Å². The van der Waals surface area contributed by atoms with Gasteiger partial charge in [0, 0.05) is 0 Å². The number of sulfonamides is 1. The average Bonchev–Trinajstić information content (AvgIpc) is 2.62. The second-order valence-corrected chi connectivity index (χ2v) is 7.34. The lowest BCUT2D eigenvalue weighted by Gasteiger charge is -2.12. The summed E-state index contributed by atoms with van der Waals surface area (Å²) in [6.45, 7) is 5.43. The minimum Gasteiger partial charge on any atom is -0.462 e. The van der Waals surface area contributed by atoms with Crippen LogP contribution in [0.2, 0.25) is 0 Å². The third kappa shape index (κ3) is 5.30. The number of rotatable bonds is 7. The fraction of sp³-hybridized carbons (Fsp3) is 0.263. The highest BCUT2D eigenvalue weighted by Crippen LogP contribution is 2.21. The summed E-state index contributed by atoms with van der Waals surface area (Å²) in [5.41, 5.74) is 1.07. The molecule has 27 heavy (non-hydrogen) atoms. The first-order valence-electron chi connectivity index (χ1n) is 8.35. The molecule has 0 aliphatic carbocycles. The number of hydrogen-bond acceptors (Lipinski definition) is 6. The van der Waals surface area contributed by atoms with Gasteiger partial charge in [-0.1, -0.05) is 17.7 Å². The van der Waals surface area contributed by atoms with Gasteiger partial charge in [0.2, 0.25) is 0 Å². The van der Waals surface area contributed by atoms with Crippen LogP contribution in [0.4, 0.5) is 5.69 Å². The van der Waals surface area contributed by atoms with E-state index in [0.29, 0.717) is 0 Å². The van der Waals surface area contributed by atoms with Crippen molar-refractivity contribution in [3.05, 3.63) is 59.2 Å². The molecular weight excluding hydrogens is 370 g/mol. The minimum absolute atomic E-state index is 0.0454. The Morgan fingerprint density at radius 3 is 1.81 bits per heavy atom. The maximum atomic E-state index is 12.6. The maximum Gasteiger partial charge on any atom is 0.338 e. The summed E-state index contributed by atoms with van der Waals surface area (Å²) in [6, 6.07) is 10.2. The number of carbonyl (C=O) groups is 2. The summed E-state index contributed by atoms with van der Waals surface area (Å²) in [7, 11) is -3.89. The van der Waals surface area contributed by atoms with Gasteiger partial charge in [-0.15, -0.1) is 0 Å². The molecule has 0 saturated heterocycles. The van der Waals surface area contributed by atoms with Gasteiger partial charge in [0.25, 0.3) is 10.0 Å². The van der Waals surface area contributed by atoms with E-state index in [4.69, 9.17) is 9.47 Å². The van der Waals surface area contributed by atoms with Crippen molar-refractivity contribution in [1.82, 2.24) is 0 Å². The highest BCUT2D eigenvalue weighted by atomic mass is 32.2. The first-order valence-corrected chi connectivity index (χ1v) is 9.84. The van der Waals surface area contributed by atoms with Gasteiger partial charge >= 0.3 is 11.9 Å². The van der Waals surface area contributed by atoms with Gasteiger partial charge in [0.05, 0.1) is 34.9 Å². The molecule has 7 nitrogen and oxygen atoms in total. The van der Waals surface area contributed by atoms with Crippen LogP contribution in [0.5, 0.6) is 0 Å². The van der Waals surface area contributed by atoms with Crippen molar-refractivity contribution in [2.75, 3.05) is 17.9 Å². The van der Waals surface area contributed by atoms with E-state index in [0.717, 1.165) is 5.56 Å². The molecule has 8 heteroatoms. The Hall–Kier alpha value is -2.87. The zero-order valence-corrected chi connectivity index (χ0v) is 16.1. The van der Waals surface area contributed by atoms with E-state index >= 15 is 0 Å². The monoisotopic (exact) mass is 391 g/mol.